The summed E-state index contributed by atoms with van der Waals surface area (Å²) in [5, 5.41) is 11.1. The molecule has 1 aromatic carbocycles. The van der Waals surface area contributed by atoms with Crippen molar-refractivity contribution in [3.05, 3.63) is 53.3 Å². The Bertz CT molecular complexity index is 1450. The summed E-state index contributed by atoms with van der Waals surface area (Å²) in [7, 11) is 0.205. The summed E-state index contributed by atoms with van der Waals surface area (Å²) in [6, 6.07) is 9.63. The first kappa shape index (κ1) is 26.6. The van der Waals surface area contributed by atoms with Gasteiger partial charge in [-0.1, -0.05) is 13.0 Å². The molecule has 2 aliphatic rings. The molecule has 3 heterocycles. The average molecular weight is 537 g/mol. The first-order chi connectivity index (χ1) is 17.9. The van der Waals surface area contributed by atoms with Gasteiger partial charge in [0, 0.05) is 11.6 Å². The van der Waals surface area contributed by atoms with Gasteiger partial charge in [-0.05, 0) is 94.5 Å². The third kappa shape index (κ3) is 4.35. The molecule has 9 heteroatoms. The number of fused-ring (bicyclic) bond motifs is 3. The SMILES string of the molecule is CC[C@H](CC(C)(C)S(N)=O)c1ccc(OC)c2cnc(Nc3ccc4c(n3)C3(CC3)C(C)(C)OC4=O)cc12. The van der Waals surface area contributed by atoms with Crippen LogP contribution in [0.25, 0.3) is 10.8 Å². The maximum Gasteiger partial charge on any atom is 0.340 e. The molecule has 3 N–H and O–H groups in total. The van der Waals surface area contributed by atoms with Crippen LogP contribution in [0.4, 0.5) is 11.6 Å². The molecule has 0 amide bonds. The molecule has 0 bridgehead atoms. The van der Waals surface area contributed by atoms with Crippen LogP contribution < -0.4 is 15.2 Å². The third-order valence-corrected chi connectivity index (χ3v) is 9.66. The van der Waals surface area contributed by atoms with Gasteiger partial charge < -0.3 is 14.8 Å². The van der Waals surface area contributed by atoms with Crippen molar-refractivity contribution in [3.8, 4) is 5.75 Å². The number of rotatable bonds is 8. The lowest BCUT2D eigenvalue weighted by atomic mass is 9.80. The Hall–Kier alpha value is -3.04. The van der Waals surface area contributed by atoms with E-state index in [2.05, 4.69) is 23.3 Å². The number of aromatic nitrogens is 2. The molecule has 1 unspecified atom stereocenters. The highest BCUT2D eigenvalue weighted by Gasteiger charge is 2.63. The summed E-state index contributed by atoms with van der Waals surface area (Å²) < 4.78 is 23.0. The molecule has 2 atom stereocenters. The maximum atomic E-state index is 12.6. The lowest BCUT2D eigenvalue weighted by Gasteiger charge is -2.39. The van der Waals surface area contributed by atoms with Crippen molar-refractivity contribution in [1.29, 1.82) is 0 Å². The average Bonchev–Trinajstić information content (AvgIpc) is 3.68. The standard InChI is InChI=1S/C29H36N4O4S/c1-7-17(15-27(2,3)38(30)35)18-8-10-22(36-6)21-16-31-24(14-20(18)21)32-23-11-9-19-25(33-23)29(12-13-29)28(4,5)37-26(19)34/h8-11,14,16-17H,7,12-13,15,30H2,1-6H3,(H,31,32,33)/t17-,38?/m1/s1. The third-order valence-electron chi connectivity index (χ3n) is 8.40. The second kappa shape index (κ2) is 9.31. The van der Waals surface area contributed by atoms with E-state index < -0.39 is 21.3 Å². The van der Waals surface area contributed by atoms with Crippen molar-refractivity contribution in [2.75, 3.05) is 12.4 Å². The van der Waals surface area contributed by atoms with Crippen LogP contribution in [0.2, 0.25) is 0 Å². The molecule has 202 valence electrons. The van der Waals surface area contributed by atoms with Crippen LogP contribution in [0.5, 0.6) is 5.75 Å². The van der Waals surface area contributed by atoms with E-state index in [-0.39, 0.29) is 17.3 Å². The zero-order valence-electron chi connectivity index (χ0n) is 22.9. The molecule has 38 heavy (non-hydrogen) atoms. The van der Waals surface area contributed by atoms with Crippen LogP contribution in [0.15, 0.2) is 36.5 Å². The molecular weight excluding hydrogens is 500 g/mol. The number of carbonyl (C=O) groups is 1. The van der Waals surface area contributed by atoms with Gasteiger partial charge in [0.25, 0.3) is 0 Å². The topological polar surface area (TPSA) is 116 Å². The Morgan fingerprint density at radius 2 is 1.92 bits per heavy atom. The molecule has 0 radical (unpaired) electrons. The first-order valence-electron chi connectivity index (χ1n) is 13.1. The van der Waals surface area contributed by atoms with Gasteiger partial charge >= 0.3 is 5.97 Å². The summed E-state index contributed by atoms with van der Waals surface area (Å²) in [6.07, 6.45) is 5.24. The lowest BCUT2D eigenvalue weighted by molar-refractivity contribution is -0.0285. The first-order valence-corrected chi connectivity index (χ1v) is 14.3. The Kier molecular flexibility index (Phi) is 6.51. The van der Waals surface area contributed by atoms with E-state index in [0.717, 1.165) is 47.0 Å². The number of anilines is 2. The van der Waals surface area contributed by atoms with Crippen LogP contribution in [0.1, 0.15) is 87.8 Å². The molecule has 1 fully saturated rings. The predicted octanol–water partition coefficient (Wildman–Crippen LogP) is 5.65. The summed E-state index contributed by atoms with van der Waals surface area (Å²) >= 11 is 0. The molecule has 1 saturated carbocycles. The minimum Gasteiger partial charge on any atom is -0.496 e. The van der Waals surface area contributed by atoms with Crippen LogP contribution >= 0.6 is 0 Å². The van der Waals surface area contributed by atoms with Crippen LogP contribution in [-0.4, -0.2) is 37.6 Å². The number of methoxy groups -OCH3 is 1. The van der Waals surface area contributed by atoms with E-state index in [1.165, 1.54) is 0 Å². The van der Waals surface area contributed by atoms with Crippen LogP contribution in [0, 0.1) is 0 Å². The van der Waals surface area contributed by atoms with E-state index in [9.17, 15) is 9.00 Å². The second-order valence-electron chi connectivity index (χ2n) is 11.5. The summed E-state index contributed by atoms with van der Waals surface area (Å²) in [5.41, 5.74) is 1.64. The minimum absolute atomic E-state index is 0.144. The fourth-order valence-corrected chi connectivity index (χ4v) is 6.18. The van der Waals surface area contributed by atoms with Crippen molar-refractivity contribution in [2.24, 2.45) is 5.14 Å². The van der Waals surface area contributed by atoms with E-state index in [0.29, 0.717) is 23.6 Å². The number of nitrogens with one attached hydrogen (secondary N) is 1. The van der Waals surface area contributed by atoms with E-state index in [1.807, 2.05) is 39.8 Å². The van der Waals surface area contributed by atoms with Crippen molar-refractivity contribution >= 4 is 39.4 Å². The quantitative estimate of drug-likeness (QED) is 0.358. The number of esters is 1. The highest BCUT2D eigenvalue weighted by Crippen LogP contribution is 2.59. The van der Waals surface area contributed by atoms with Gasteiger partial charge in [0.05, 0.1) is 39.5 Å². The maximum absolute atomic E-state index is 12.6. The normalized spacial score (nSPS) is 19.0. The number of hydrogen-bond acceptors (Lipinski definition) is 7. The number of nitrogens with two attached hydrogens (primary N) is 1. The van der Waals surface area contributed by atoms with Gasteiger partial charge in [0.2, 0.25) is 0 Å². The summed E-state index contributed by atoms with van der Waals surface area (Å²) in [6.45, 7) is 9.95. The van der Waals surface area contributed by atoms with E-state index in [4.69, 9.17) is 19.6 Å². The largest absolute Gasteiger partial charge is 0.496 e. The Morgan fingerprint density at radius 1 is 1.18 bits per heavy atom. The Labute approximate surface area is 226 Å². The molecule has 3 aromatic rings. The molecule has 0 saturated heterocycles. The predicted molar refractivity (Wildman–Crippen MR) is 150 cm³/mol. The van der Waals surface area contributed by atoms with Crippen LogP contribution in [-0.2, 0) is 21.1 Å². The monoisotopic (exact) mass is 536 g/mol. The molecule has 5 rings (SSSR count). The molecule has 8 nitrogen and oxygen atoms in total. The zero-order valence-corrected chi connectivity index (χ0v) is 23.7. The molecule has 2 aromatic heterocycles. The smallest absolute Gasteiger partial charge is 0.340 e. The van der Waals surface area contributed by atoms with E-state index >= 15 is 0 Å². The highest BCUT2D eigenvalue weighted by atomic mass is 32.2. The minimum atomic E-state index is -1.44. The van der Waals surface area contributed by atoms with Gasteiger partial charge in [-0.25, -0.2) is 19.0 Å². The van der Waals surface area contributed by atoms with Gasteiger partial charge in [-0.15, -0.1) is 0 Å². The molecule has 1 aliphatic heterocycles. The second-order valence-corrected chi connectivity index (χ2v) is 13.2. The van der Waals surface area contributed by atoms with Gasteiger partial charge in [-0.3, -0.25) is 5.14 Å². The molecular formula is C29H36N4O4S. The van der Waals surface area contributed by atoms with Gasteiger partial charge in [0.15, 0.2) is 0 Å². The lowest BCUT2D eigenvalue weighted by Crippen LogP contribution is -2.46. The molecule has 1 aliphatic carbocycles. The van der Waals surface area contributed by atoms with Crippen molar-refractivity contribution in [3.63, 3.8) is 0 Å². The van der Waals surface area contributed by atoms with Gasteiger partial charge in [-0.2, -0.15) is 0 Å². The van der Waals surface area contributed by atoms with Crippen molar-refractivity contribution < 1.29 is 18.5 Å². The fraction of sp³-hybridized carbons (Fsp3) is 0.483. The molecule has 1 spiro atoms. The number of hydrogen-bond donors (Lipinski definition) is 2. The number of nitrogens with zero attached hydrogens (tertiary/aromatic N) is 2. The van der Waals surface area contributed by atoms with Crippen LogP contribution in [0.3, 0.4) is 0 Å². The Balaban J connectivity index is 1.54. The zero-order chi connectivity index (χ0) is 27.5. The van der Waals surface area contributed by atoms with E-state index in [1.54, 1.807) is 25.4 Å². The number of benzene rings is 1. The summed E-state index contributed by atoms with van der Waals surface area (Å²) in [4.78, 5) is 22.2. The number of pyridine rings is 2. The number of ether oxygens (including phenoxy) is 2. The highest BCUT2D eigenvalue weighted by molar-refractivity contribution is 7.84. The Morgan fingerprint density at radius 3 is 2.55 bits per heavy atom. The number of carbonyl (C=O) groups excluding carboxylic acids is 1. The number of cyclic esters (lactones) is 1. The fourth-order valence-electron chi connectivity index (χ4n) is 5.81. The van der Waals surface area contributed by atoms with Crippen molar-refractivity contribution in [1.82, 2.24) is 9.97 Å². The van der Waals surface area contributed by atoms with Gasteiger partial charge in [0.1, 0.15) is 23.0 Å². The summed E-state index contributed by atoms with van der Waals surface area (Å²) in [5.74, 6) is 1.82. The van der Waals surface area contributed by atoms with Crippen molar-refractivity contribution in [2.45, 2.75) is 82.0 Å².